The number of halogens is 5. The number of anilines is 1. The van der Waals surface area contributed by atoms with Gasteiger partial charge in [0.15, 0.2) is 5.65 Å². The van der Waals surface area contributed by atoms with Gasteiger partial charge in [-0.05, 0) is 42.0 Å². The Labute approximate surface area is 222 Å². The highest BCUT2D eigenvalue weighted by molar-refractivity contribution is 7.99. The lowest BCUT2D eigenvalue weighted by atomic mass is 10.2. The van der Waals surface area contributed by atoms with Crippen molar-refractivity contribution in [1.29, 1.82) is 0 Å². The summed E-state index contributed by atoms with van der Waals surface area (Å²) in [6.07, 6.45) is -4.56. The van der Waals surface area contributed by atoms with E-state index in [4.69, 9.17) is 23.2 Å². The van der Waals surface area contributed by atoms with E-state index in [1.807, 2.05) is 41.0 Å². The normalized spacial score (nSPS) is 11.8. The molecule has 0 spiro atoms. The van der Waals surface area contributed by atoms with Gasteiger partial charge in [-0.25, -0.2) is 4.98 Å². The van der Waals surface area contributed by atoms with E-state index in [2.05, 4.69) is 20.5 Å². The predicted molar refractivity (Wildman–Crippen MR) is 139 cm³/mol. The quantitative estimate of drug-likeness (QED) is 0.224. The molecule has 0 atom stereocenters. The van der Waals surface area contributed by atoms with Crippen molar-refractivity contribution in [3.8, 4) is 0 Å². The fourth-order valence-electron chi connectivity index (χ4n) is 3.81. The summed E-state index contributed by atoms with van der Waals surface area (Å²) in [5.74, 6) is -0.726. The second-order valence-corrected chi connectivity index (χ2v) is 9.82. The molecule has 3 aromatic carbocycles. The van der Waals surface area contributed by atoms with Gasteiger partial charge in [-0.15, -0.1) is 10.2 Å². The van der Waals surface area contributed by atoms with Gasteiger partial charge in [-0.3, -0.25) is 4.79 Å². The van der Waals surface area contributed by atoms with Crippen LogP contribution in [0.2, 0.25) is 10.0 Å². The van der Waals surface area contributed by atoms with Crippen LogP contribution >= 0.6 is 35.0 Å². The Hall–Kier alpha value is -3.34. The van der Waals surface area contributed by atoms with E-state index in [-0.39, 0.29) is 21.6 Å². The third-order valence-electron chi connectivity index (χ3n) is 5.49. The second kappa shape index (κ2) is 10.2. The lowest BCUT2D eigenvalue weighted by molar-refractivity contribution is -0.137. The predicted octanol–water partition coefficient (Wildman–Crippen LogP) is 7.08. The van der Waals surface area contributed by atoms with Crippen molar-refractivity contribution in [3.05, 3.63) is 87.9 Å². The van der Waals surface area contributed by atoms with Crippen LogP contribution in [0.3, 0.4) is 0 Å². The Morgan fingerprint density at radius 3 is 2.54 bits per heavy atom. The highest BCUT2D eigenvalue weighted by atomic mass is 35.5. The summed E-state index contributed by atoms with van der Waals surface area (Å²) in [6.45, 7) is 0.528. The minimum atomic E-state index is -4.56. The van der Waals surface area contributed by atoms with E-state index >= 15 is 0 Å². The molecule has 0 bridgehead atoms. The molecule has 0 radical (unpaired) electrons. The third-order valence-corrected chi connectivity index (χ3v) is 6.90. The molecule has 0 aliphatic carbocycles. The molecule has 0 saturated carbocycles. The smallest absolute Gasteiger partial charge is 0.324 e. The van der Waals surface area contributed by atoms with Crippen molar-refractivity contribution in [2.24, 2.45) is 0 Å². The van der Waals surface area contributed by atoms with Gasteiger partial charge in [0.2, 0.25) is 11.1 Å². The van der Waals surface area contributed by atoms with Crippen molar-refractivity contribution in [2.45, 2.75) is 17.9 Å². The van der Waals surface area contributed by atoms with Gasteiger partial charge in [0.1, 0.15) is 5.52 Å². The summed E-state index contributed by atoms with van der Waals surface area (Å²) in [6, 6.07) is 18.0. The summed E-state index contributed by atoms with van der Waals surface area (Å²) in [4.78, 5) is 17.1. The average molecular weight is 562 g/mol. The SMILES string of the molecule is O=C(CSc1nnc2c3cc(Cl)ccc3n(Cc3ccccc3)c2n1)Nc1cc(C(F)(F)F)ccc1Cl. The Bertz CT molecular complexity index is 1630. The van der Waals surface area contributed by atoms with E-state index < -0.39 is 17.6 Å². The first-order valence-corrected chi connectivity index (χ1v) is 12.6. The number of amides is 1. The summed E-state index contributed by atoms with van der Waals surface area (Å²) < 4.78 is 41.0. The number of benzene rings is 3. The number of fused-ring (bicyclic) bond motifs is 3. The molecular weight excluding hydrogens is 546 g/mol. The lowest BCUT2D eigenvalue weighted by Crippen LogP contribution is -2.16. The van der Waals surface area contributed by atoms with Crippen molar-refractivity contribution in [2.75, 3.05) is 11.1 Å². The molecule has 1 N–H and O–H groups in total. The number of aromatic nitrogens is 4. The maximum Gasteiger partial charge on any atom is 0.416 e. The van der Waals surface area contributed by atoms with Gasteiger partial charge in [0, 0.05) is 17.0 Å². The van der Waals surface area contributed by atoms with Gasteiger partial charge in [-0.2, -0.15) is 13.2 Å². The maximum atomic E-state index is 13.0. The third kappa shape index (κ3) is 5.51. The number of carbonyl (C=O) groups excluding carboxylic acids is 1. The summed E-state index contributed by atoms with van der Waals surface area (Å²) in [5.41, 5.74) is 2.03. The molecule has 6 nitrogen and oxygen atoms in total. The Balaban J connectivity index is 1.40. The van der Waals surface area contributed by atoms with E-state index in [1.54, 1.807) is 12.1 Å². The van der Waals surface area contributed by atoms with Crippen LogP contribution in [0, 0.1) is 0 Å². The number of thioether (sulfide) groups is 1. The standard InChI is InChI=1S/C25H16Cl2F3N5OS/c26-16-7-9-20-17(11-16)22-23(35(20)12-14-4-2-1-3-5-14)32-24(34-33-22)37-13-21(36)31-19-10-15(25(28,29)30)6-8-18(19)27/h1-11H,12-13H2,(H,31,36). The van der Waals surface area contributed by atoms with Crippen LogP contribution in [-0.4, -0.2) is 31.4 Å². The Kier molecular flexibility index (Phi) is 6.98. The fraction of sp³-hybridized carbons (Fsp3) is 0.120. The topological polar surface area (TPSA) is 72.7 Å². The first kappa shape index (κ1) is 25.3. The van der Waals surface area contributed by atoms with Crippen LogP contribution in [0.1, 0.15) is 11.1 Å². The van der Waals surface area contributed by atoms with E-state index in [9.17, 15) is 18.0 Å². The first-order chi connectivity index (χ1) is 17.7. The number of nitrogens with one attached hydrogen (secondary N) is 1. The zero-order chi connectivity index (χ0) is 26.2. The zero-order valence-corrected chi connectivity index (χ0v) is 21.1. The molecule has 0 aliphatic rings. The van der Waals surface area contributed by atoms with E-state index in [0.717, 1.165) is 46.4 Å². The van der Waals surface area contributed by atoms with Gasteiger partial charge in [0.05, 0.1) is 27.5 Å². The second-order valence-electron chi connectivity index (χ2n) is 8.03. The number of hydrogen-bond donors (Lipinski definition) is 1. The largest absolute Gasteiger partial charge is 0.416 e. The van der Waals surface area contributed by atoms with Crippen LogP contribution in [0.25, 0.3) is 22.1 Å². The summed E-state index contributed by atoms with van der Waals surface area (Å²) in [7, 11) is 0. The van der Waals surface area contributed by atoms with Crippen molar-refractivity contribution >= 4 is 68.6 Å². The monoisotopic (exact) mass is 561 g/mol. The fourth-order valence-corrected chi connectivity index (χ4v) is 4.73. The summed E-state index contributed by atoms with van der Waals surface area (Å²) >= 11 is 13.2. The molecular formula is C25H16Cl2F3N5OS. The van der Waals surface area contributed by atoms with Crippen molar-refractivity contribution in [1.82, 2.24) is 19.7 Å². The first-order valence-electron chi connectivity index (χ1n) is 10.8. The minimum Gasteiger partial charge on any atom is -0.324 e. The van der Waals surface area contributed by atoms with Crippen molar-refractivity contribution in [3.63, 3.8) is 0 Å². The molecule has 0 unspecified atom stereocenters. The van der Waals surface area contributed by atoms with Crippen LogP contribution in [-0.2, 0) is 17.5 Å². The van der Waals surface area contributed by atoms with E-state index in [0.29, 0.717) is 22.7 Å². The number of carbonyl (C=O) groups is 1. The lowest BCUT2D eigenvalue weighted by Gasteiger charge is -2.11. The van der Waals surface area contributed by atoms with Crippen LogP contribution in [0.15, 0.2) is 71.9 Å². The molecule has 0 saturated heterocycles. The molecule has 2 aromatic heterocycles. The van der Waals surface area contributed by atoms with Gasteiger partial charge in [0.25, 0.3) is 0 Å². The number of rotatable bonds is 6. The highest BCUT2D eigenvalue weighted by Crippen LogP contribution is 2.34. The number of hydrogen-bond acceptors (Lipinski definition) is 5. The molecule has 0 fully saturated rings. The maximum absolute atomic E-state index is 13.0. The molecule has 1 amide bonds. The van der Waals surface area contributed by atoms with Crippen LogP contribution in [0.5, 0.6) is 0 Å². The van der Waals surface area contributed by atoms with Gasteiger partial charge in [-0.1, -0.05) is 65.3 Å². The average Bonchev–Trinajstić information content (AvgIpc) is 3.16. The van der Waals surface area contributed by atoms with Crippen LogP contribution in [0.4, 0.5) is 18.9 Å². The Morgan fingerprint density at radius 1 is 1.00 bits per heavy atom. The highest BCUT2D eigenvalue weighted by Gasteiger charge is 2.31. The van der Waals surface area contributed by atoms with Crippen molar-refractivity contribution < 1.29 is 18.0 Å². The molecule has 37 heavy (non-hydrogen) atoms. The molecule has 5 aromatic rings. The molecule has 0 aliphatic heterocycles. The number of alkyl halides is 3. The van der Waals surface area contributed by atoms with E-state index in [1.165, 1.54) is 0 Å². The van der Waals surface area contributed by atoms with Gasteiger partial charge >= 0.3 is 6.18 Å². The molecule has 2 heterocycles. The summed E-state index contributed by atoms with van der Waals surface area (Å²) in [5, 5.41) is 12.5. The molecule has 12 heteroatoms. The number of nitrogens with zero attached hydrogens (tertiary/aromatic N) is 4. The zero-order valence-electron chi connectivity index (χ0n) is 18.8. The molecule has 5 rings (SSSR count). The van der Waals surface area contributed by atoms with Gasteiger partial charge < -0.3 is 9.88 Å². The Morgan fingerprint density at radius 2 is 1.78 bits per heavy atom. The minimum absolute atomic E-state index is 0.00484. The van der Waals surface area contributed by atoms with Crippen LogP contribution < -0.4 is 5.32 Å². The molecule has 188 valence electrons.